The molecular formula is C26H28B2FN3O9. The molecule has 5 N–H and O–H groups in total. The Bertz CT molecular complexity index is 1340. The van der Waals surface area contributed by atoms with Crippen LogP contribution in [0.1, 0.15) is 27.0 Å². The van der Waals surface area contributed by atoms with Crippen molar-refractivity contribution in [3.63, 3.8) is 0 Å². The molecule has 0 bridgehead atoms. The number of amides is 2. The number of hydrogen-bond donors (Lipinski definition) is 5. The maximum atomic E-state index is 15.1. The van der Waals surface area contributed by atoms with E-state index in [0.717, 1.165) is 4.90 Å². The summed E-state index contributed by atoms with van der Waals surface area (Å²) in [5, 5.41) is 40.8. The van der Waals surface area contributed by atoms with E-state index in [4.69, 9.17) is 25.2 Å². The summed E-state index contributed by atoms with van der Waals surface area (Å²) >= 11 is 0. The first-order valence-corrected chi connectivity index (χ1v) is 12.6. The first kappa shape index (κ1) is 30.8. The topological polar surface area (TPSA) is 169 Å². The Kier molecular flexibility index (Phi) is 8.71. The molecule has 2 heterocycles. The average molecular weight is 567 g/mol. The maximum Gasteiger partial charge on any atom is 0.303 e. The predicted octanol–water partition coefficient (Wildman–Crippen LogP) is -2.18. The third-order valence-corrected chi connectivity index (χ3v) is 7.27. The number of nitrogens with one attached hydrogen (secondary N) is 1. The number of halogens is 1. The summed E-state index contributed by atoms with van der Waals surface area (Å²) in [5.41, 5.74) is 0.747. The van der Waals surface area contributed by atoms with E-state index in [1.54, 1.807) is 16.3 Å². The van der Waals surface area contributed by atoms with Gasteiger partial charge in [0.1, 0.15) is 18.2 Å². The number of aliphatic hydroxyl groups is 4. The van der Waals surface area contributed by atoms with E-state index in [-0.39, 0.29) is 35.6 Å². The number of aldehydes is 1. The summed E-state index contributed by atoms with van der Waals surface area (Å²) in [6.07, 6.45) is 0.497. The third kappa shape index (κ3) is 5.79. The Labute approximate surface area is 237 Å². The summed E-state index contributed by atoms with van der Waals surface area (Å²) in [6, 6.07) is 6.62. The van der Waals surface area contributed by atoms with E-state index >= 15 is 4.39 Å². The second kappa shape index (κ2) is 11.6. The quantitative estimate of drug-likeness (QED) is 0.0967. The summed E-state index contributed by atoms with van der Waals surface area (Å²) in [6.45, 7) is 1.21. The fourth-order valence-electron chi connectivity index (χ4n) is 4.84. The number of hydrogen-bond acceptors (Lipinski definition) is 11. The molecule has 0 aromatic heterocycles. The number of morpholine rings is 1. The van der Waals surface area contributed by atoms with Gasteiger partial charge in [0.05, 0.1) is 28.9 Å². The van der Waals surface area contributed by atoms with Gasteiger partial charge in [0.2, 0.25) is 5.91 Å². The number of imide groups is 1. The molecule has 12 nitrogen and oxygen atoms in total. The van der Waals surface area contributed by atoms with Gasteiger partial charge in [-0.15, -0.1) is 0 Å². The number of carbonyl (C=O) groups is 3. The lowest BCUT2D eigenvalue weighted by Gasteiger charge is -2.45. The van der Waals surface area contributed by atoms with Crippen molar-refractivity contribution >= 4 is 33.8 Å². The molecular weight excluding hydrogens is 539 g/mol. The fourth-order valence-corrected chi connectivity index (χ4v) is 4.84. The zero-order valence-corrected chi connectivity index (χ0v) is 22.1. The molecule has 214 valence electrons. The van der Waals surface area contributed by atoms with Gasteiger partial charge in [-0.3, -0.25) is 24.6 Å². The molecule has 4 rings (SSSR count). The second-order valence-corrected chi connectivity index (χ2v) is 10.00. The largest absolute Gasteiger partial charge is 0.488 e. The molecule has 2 aromatic carbocycles. The minimum absolute atomic E-state index is 0.0956. The SMILES string of the molecule is [B]C([B])(c1ccc(COc2cccc(C=O)c2CN(C)C2C(=O)NC(=O)C(O)(O)C2(O)O)c(F)c1)N1CCOCC1. The zero-order valence-electron chi connectivity index (χ0n) is 22.1. The Morgan fingerprint density at radius 3 is 2.51 bits per heavy atom. The van der Waals surface area contributed by atoms with Crippen LogP contribution in [0.3, 0.4) is 0 Å². The van der Waals surface area contributed by atoms with Gasteiger partial charge in [-0.25, -0.2) is 4.39 Å². The second-order valence-electron chi connectivity index (χ2n) is 10.00. The Balaban J connectivity index is 1.55. The molecule has 2 aliphatic rings. The van der Waals surface area contributed by atoms with E-state index in [9.17, 15) is 34.8 Å². The first-order valence-electron chi connectivity index (χ1n) is 12.6. The third-order valence-electron chi connectivity index (χ3n) is 7.27. The highest BCUT2D eigenvalue weighted by Gasteiger charge is 2.65. The Morgan fingerprint density at radius 2 is 1.88 bits per heavy atom. The van der Waals surface area contributed by atoms with Crippen molar-refractivity contribution < 1.29 is 48.7 Å². The molecule has 41 heavy (non-hydrogen) atoms. The van der Waals surface area contributed by atoms with Gasteiger partial charge in [0.15, 0.2) is 12.3 Å². The number of likely N-dealkylation sites (N-methyl/N-ethyl adjacent to an activating group) is 1. The van der Waals surface area contributed by atoms with Crippen LogP contribution in [0, 0.1) is 5.82 Å². The Morgan fingerprint density at radius 1 is 1.20 bits per heavy atom. The highest BCUT2D eigenvalue weighted by atomic mass is 19.1. The number of nitrogens with zero attached hydrogens (tertiary/aromatic N) is 2. The van der Waals surface area contributed by atoms with Crippen LogP contribution in [0.2, 0.25) is 0 Å². The standard InChI is InChI=1S/C26H28B2FN3O9/c1-31(21-22(34)30-23(35)25(38,39)24(21,36)37)12-18-15(13-33)3-2-4-20(18)41-14-16-5-6-17(11-19(16)29)26(27,28)32-7-9-40-10-8-32/h2-6,11,13,21,36-39H,7-10,12,14H2,1H3,(H,30,34,35). The van der Waals surface area contributed by atoms with Crippen molar-refractivity contribution in [2.24, 2.45) is 0 Å². The molecule has 2 amide bonds. The van der Waals surface area contributed by atoms with Gasteiger partial charge < -0.3 is 34.8 Å². The number of piperidine rings is 1. The minimum atomic E-state index is -3.71. The van der Waals surface area contributed by atoms with E-state index in [0.29, 0.717) is 38.2 Å². The monoisotopic (exact) mass is 567 g/mol. The molecule has 15 heteroatoms. The first-order chi connectivity index (χ1) is 19.2. The van der Waals surface area contributed by atoms with Crippen LogP contribution >= 0.6 is 0 Å². The van der Waals surface area contributed by atoms with Crippen LogP contribution in [0.15, 0.2) is 36.4 Å². The lowest BCUT2D eigenvalue weighted by molar-refractivity contribution is -0.356. The van der Waals surface area contributed by atoms with Crippen molar-refractivity contribution in [1.29, 1.82) is 0 Å². The van der Waals surface area contributed by atoms with Gasteiger partial charge in [-0.2, -0.15) is 0 Å². The molecule has 1 unspecified atom stereocenters. The molecule has 4 radical (unpaired) electrons. The van der Waals surface area contributed by atoms with Crippen LogP contribution in [0.25, 0.3) is 0 Å². The normalized spacial score (nSPS) is 21.0. The van der Waals surface area contributed by atoms with E-state index < -0.39 is 40.6 Å². The number of benzene rings is 2. The van der Waals surface area contributed by atoms with E-state index in [1.165, 1.54) is 37.4 Å². The zero-order chi connectivity index (χ0) is 30.2. The van der Waals surface area contributed by atoms with Gasteiger partial charge >= 0.3 is 5.79 Å². The molecule has 2 aromatic rings. The van der Waals surface area contributed by atoms with Crippen molar-refractivity contribution in [3.05, 3.63) is 64.5 Å². The van der Waals surface area contributed by atoms with Gasteiger partial charge in [-0.05, 0) is 30.1 Å². The molecule has 2 aliphatic heterocycles. The Hall–Kier alpha value is -3.17. The van der Waals surface area contributed by atoms with Crippen molar-refractivity contribution in [2.45, 2.75) is 36.1 Å². The number of ether oxygens (including phenoxy) is 2. The van der Waals surface area contributed by atoms with Crippen molar-refractivity contribution in [2.75, 3.05) is 33.4 Å². The summed E-state index contributed by atoms with van der Waals surface area (Å²) in [7, 11) is 13.8. The highest BCUT2D eigenvalue weighted by molar-refractivity contribution is 6.39. The molecule has 0 aliphatic carbocycles. The minimum Gasteiger partial charge on any atom is -0.488 e. The van der Waals surface area contributed by atoms with Gasteiger partial charge in [-0.1, -0.05) is 24.3 Å². The molecule has 1 atom stereocenters. The van der Waals surface area contributed by atoms with Crippen LogP contribution in [-0.2, 0) is 32.8 Å². The number of carbonyl (C=O) groups excluding carboxylic acids is 3. The van der Waals surface area contributed by atoms with Crippen LogP contribution in [-0.4, -0.2) is 115 Å². The smallest absolute Gasteiger partial charge is 0.303 e. The molecule has 2 fully saturated rings. The fraction of sp³-hybridized carbons (Fsp3) is 0.423. The van der Waals surface area contributed by atoms with Crippen LogP contribution < -0.4 is 10.1 Å². The lowest BCUT2D eigenvalue weighted by Crippen LogP contribution is -2.78. The average Bonchev–Trinajstić information content (AvgIpc) is 2.92. The summed E-state index contributed by atoms with van der Waals surface area (Å²) in [4.78, 5) is 38.7. The summed E-state index contributed by atoms with van der Waals surface area (Å²) < 4.78 is 26.2. The van der Waals surface area contributed by atoms with Crippen molar-refractivity contribution in [3.8, 4) is 5.75 Å². The van der Waals surface area contributed by atoms with E-state index in [2.05, 4.69) is 0 Å². The predicted molar refractivity (Wildman–Crippen MR) is 141 cm³/mol. The number of rotatable bonds is 9. The van der Waals surface area contributed by atoms with Crippen molar-refractivity contribution in [1.82, 2.24) is 15.1 Å². The van der Waals surface area contributed by atoms with Gasteiger partial charge in [0, 0.05) is 36.3 Å². The van der Waals surface area contributed by atoms with Crippen LogP contribution in [0.5, 0.6) is 5.75 Å². The maximum absolute atomic E-state index is 15.1. The lowest BCUT2D eigenvalue weighted by atomic mass is 9.56. The van der Waals surface area contributed by atoms with E-state index in [1.807, 2.05) is 0 Å². The van der Waals surface area contributed by atoms with Gasteiger partial charge in [0.25, 0.3) is 11.7 Å². The molecule has 0 saturated carbocycles. The highest BCUT2D eigenvalue weighted by Crippen LogP contribution is 2.32. The molecule has 0 spiro atoms. The van der Waals surface area contributed by atoms with Crippen LogP contribution in [0.4, 0.5) is 4.39 Å². The molecule has 2 saturated heterocycles. The summed E-state index contributed by atoms with van der Waals surface area (Å²) in [5.74, 6) is -10.8.